The lowest BCUT2D eigenvalue weighted by Crippen LogP contribution is -1.94. The molecular weight excluding hydrogens is 288 g/mol. The normalized spacial score (nSPS) is 9.14. The topological polar surface area (TPSA) is 44.2 Å². The largest absolute Gasteiger partial charge is 0.493 e. The highest BCUT2D eigenvalue weighted by molar-refractivity contribution is 6.34. The number of hydrogen-bond donors (Lipinski definition) is 0. The molecule has 1 heterocycles. The van der Waals surface area contributed by atoms with Gasteiger partial charge < -0.3 is 9.47 Å². The fraction of sp³-hybridized carbons (Fsp3) is 0.500. The smallest absolute Gasteiger partial charge is 0.162 e. The van der Waals surface area contributed by atoms with E-state index < -0.39 is 0 Å². The lowest BCUT2D eigenvalue weighted by molar-refractivity contribution is 0.356. The molecule has 2 rings (SSSR count). The van der Waals surface area contributed by atoms with Gasteiger partial charge >= 0.3 is 0 Å². The minimum absolute atomic E-state index is 0.420. The van der Waals surface area contributed by atoms with Gasteiger partial charge in [-0.25, -0.2) is 9.97 Å². The maximum atomic E-state index is 6.04. The lowest BCUT2D eigenvalue weighted by atomic mass is 10.2. The number of benzene rings is 1. The van der Waals surface area contributed by atoms with Crippen LogP contribution in [0.25, 0.3) is 10.9 Å². The molecule has 0 N–H and O–H groups in total. The van der Waals surface area contributed by atoms with Crippen molar-refractivity contribution >= 4 is 22.5 Å². The number of aryl methyl sites for hydroxylation is 1. The van der Waals surface area contributed by atoms with Gasteiger partial charge in [-0.1, -0.05) is 45.7 Å². The Morgan fingerprint density at radius 1 is 1.00 bits per heavy atom. The molecule has 0 aliphatic rings. The van der Waals surface area contributed by atoms with Crippen molar-refractivity contribution in [2.75, 3.05) is 14.2 Å². The van der Waals surface area contributed by atoms with Gasteiger partial charge in [-0.2, -0.15) is 0 Å². The molecule has 21 heavy (non-hydrogen) atoms. The Bertz CT molecular complexity index is 559. The Balaban J connectivity index is 0.000000713. The highest BCUT2D eigenvalue weighted by Crippen LogP contribution is 2.33. The second-order valence-corrected chi connectivity index (χ2v) is 4.35. The molecule has 4 nitrogen and oxygen atoms in total. The third kappa shape index (κ3) is 5.38. The zero-order valence-corrected chi connectivity index (χ0v) is 14.7. The molecular formula is C16H25ClN2O2. The second kappa shape index (κ2) is 10.2. The van der Waals surface area contributed by atoms with E-state index in [2.05, 4.69) is 23.8 Å². The summed E-state index contributed by atoms with van der Waals surface area (Å²) in [5.41, 5.74) is 0.746. The van der Waals surface area contributed by atoms with Gasteiger partial charge in [-0.15, -0.1) is 0 Å². The van der Waals surface area contributed by atoms with Crippen LogP contribution in [0.1, 0.15) is 39.9 Å². The summed E-state index contributed by atoms with van der Waals surface area (Å²) >= 11 is 6.04. The highest BCUT2D eigenvalue weighted by atomic mass is 35.5. The molecule has 0 bridgehead atoms. The highest BCUT2D eigenvalue weighted by Gasteiger charge is 2.10. The van der Waals surface area contributed by atoms with E-state index in [-0.39, 0.29) is 0 Å². The van der Waals surface area contributed by atoms with Crippen molar-refractivity contribution in [2.45, 2.75) is 41.0 Å². The monoisotopic (exact) mass is 312 g/mol. The van der Waals surface area contributed by atoms with Crippen molar-refractivity contribution in [1.82, 2.24) is 9.97 Å². The molecule has 2 aromatic rings. The van der Waals surface area contributed by atoms with Crippen LogP contribution in [0, 0.1) is 6.92 Å². The average Bonchev–Trinajstić information content (AvgIpc) is 2.48. The molecule has 5 heteroatoms. The second-order valence-electron chi connectivity index (χ2n) is 3.99. The molecule has 1 aromatic heterocycles. The van der Waals surface area contributed by atoms with Gasteiger partial charge in [0.15, 0.2) is 11.5 Å². The Morgan fingerprint density at radius 3 is 1.95 bits per heavy atom. The summed E-state index contributed by atoms with van der Waals surface area (Å²) in [6, 6.07) is 3.56. The zero-order chi connectivity index (χ0) is 16.4. The maximum absolute atomic E-state index is 6.04. The summed E-state index contributed by atoms with van der Waals surface area (Å²) in [7, 11) is 3.16. The van der Waals surface area contributed by atoms with Gasteiger partial charge in [-0.05, 0) is 13.0 Å². The predicted octanol–water partition coefficient (Wildman–Crippen LogP) is 5.05. The molecule has 0 radical (unpaired) electrons. The van der Waals surface area contributed by atoms with E-state index in [0.717, 1.165) is 10.9 Å². The fourth-order valence-corrected chi connectivity index (χ4v) is 1.80. The van der Waals surface area contributed by atoms with Crippen LogP contribution in [0.2, 0.25) is 5.15 Å². The maximum Gasteiger partial charge on any atom is 0.162 e. The van der Waals surface area contributed by atoms with Crippen LogP contribution in [0.5, 0.6) is 11.5 Å². The van der Waals surface area contributed by atoms with Crippen molar-refractivity contribution in [3.05, 3.63) is 23.1 Å². The van der Waals surface area contributed by atoms with E-state index in [1.165, 1.54) is 6.42 Å². The quantitative estimate of drug-likeness (QED) is 0.728. The number of nitrogens with zero attached hydrogens (tertiary/aromatic N) is 2. The molecule has 0 aliphatic carbocycles. The van der Waals surface area contributed by atoms with E-state index in [1.807, 2.05) is 13.8 Å². The molecule has 0 fully saturated rings. The molecule has 0 unspecified atom stereocenters. The van der Waals surface area contributed by atoms with Crippen molar-refractivity contribution in [3.8, 4) is 11.5 Å². The molecule has 0 amide bonds. The summed E-state index contributed by atoms with van der Waals surface area (Å²) in [5.74, 6) is 1.87. The van der Waals surface area contributed by atoms with Crippen molar-refractivity contribution in [1.29, 1.82) is 0 Å². The molecule has 1 aromatic carbocycles. The molecule has 0 saturated heterocycles. The number of aromatic nitrogens is 2. The van der Waals surface area contributed by atoms with Crippen molar-refractivity contribution in [2.24, 2.45) is 0 Å². The van der Waals surface area contributed by atoms with Crippen LogP contribution >= 0.6 is 11.6 Å². The van der Waals surface area contributed by atoms with Crippen molar-refractivity contribution < 1.29 is 9.47 Å². The number of hydrogen-bond acceptors (Lipinski definition) is 4. The van der Waals surface area contributed by atoms with Gasteiger partial charge in [0, 0.05) is 11.5 Å². The Morgan fingerprint density at radius 2 is 1.48 bits per heavy atom. The first kappa shape index (κ1) is 19.4. The third-order valence-electron chi connectivity index (χ3n) is 2.27. The summed E-state index contributed by atoms with van der Waals surface area (Å²) < 4.78 is 10.4. The molecule has 0 aliphatic heterocycles. The number of fused-ring (bicyclic) bond motifs is 1. The SMILES string of the molecule is CC.CCC.COc1cc2nc(C)nc(Cl)c2cc1OC. The summed E-state index contributed by atoms with van der Waals surface area (Å²) in [6.07, 6.45) is 1.25. The van der Waals surface area contributed by atoms with E-state index in [9.17, 15) is 0 Å². The van der Waals surface area contributed by atoms with Crippen molar-refractivity contribution in [3.63, 3.8) is 0 Å². The fourth-order valence-electron chi connectivity index (χ4n) is 1.53. The third-order valence-corrected chi connectivity index (χ3v) is 2.55. The number of halogens is 1. The van der Waals surface area contributed by atoms with E-state index in [0.29, 0.717) is 22.5 Å². The first-order chi connectivity index (χ1) is 10.1. The number of rotatable bonds is 2. The van der Waals surface area contributed by atoms with E-state index in [1.54, 1.807) is 33.3 Å². The van der Waals surface area contributed by atoms with Gasteiger partial charge in [0.25, 0.3) is 0 Å². The Kier molecular flexibility index (Phi) is 9.46. The van der Waals surface area contributed by atoms with Gasteiger partial charge in [0.05, 0.1) is 19.7 Å². The van der Waals surface area contributed by atoms with E-state index >= 15 is 0 Å². The standard InChI is InChI=1S/C11H11ClN2O2.C3H8.C2H6/c1-6-13-8-5-10(16-3)9(15-2)4-7(8)11(12)14-6;1-3-2;1-2/h4-5H,1-3H3;3H2,1-2H3;1-2H3. The molecule has 0 spiro atoms. The van der Waals surface area contributed by atoms with Gasteiger partial charge in [0.2, 0.25) is 0 Å². The van der Waals surface area contributed by atoms with E-state index in [4.69, 9.17) is 21.1 Å². The van der Waals surface area contributed by atoms with Crippen LogP contribution < -0.4 is 9.47 Å². The minimum atomic E-state index is 0.420. The summed E-state index contributed by atoms with van der Waals surface area (Å²) in [6.45, 7) is 10.0. The molecule has 0 atom stereocenters. The van der Waals surface area contributed by atoms with Crippen LogP contribution in [-0.4, -0.2) is 24.2 Å². The zero-order valence-electron chi connectivity index (χ0n) is 14.0. The molecule has 118 valence electrons. The van der Waals surface area contributed by atoms with Gasteiger partial charge in [-0.3, -0.25) is 0 Å². The Labute approximate surface area is 132 Å². The predicted molar refractivity (Wildman–Crippen MR) is 89.7 cm³/mol. The minimum Gasteiger partial charge on any atom is -0.493 e. The number of methoxy groups -OCH3 is 2. The molecule has 0 saturated carbocycles. The first-order valence-corrected chi connectivity index (χ1v) is 7.51. The summed E-state index contributed by atoms with van der Waals surface area (Å²) in [5, 5.41) is 1.17. The van der Waals surface area contributed by atoms with Crippen LogP contribution in [0.4, 0.5) is 0 Å². The van der Waals surface area contributed by atoms with Gasteiger partial charge in [0.1, 0.15) is 11.0 Å². The average molecular weight is 313 g/mol. The number of ether oxygens (including phenoxy) is 2. The van der Waals surface area contributed by atoms with Crippen LogP contribution in [0.15, 0.2) is 12.1 Å². The van der Waals surface area contributed by atoms with Crippen LogP contribution in [0.3, 0.4) is 0 Å². The van der Waals surface area contributed by atoms with Crippen LogP contribution in [-0.2, 0) is 0 Å². The Hall–Kier alpha value is -1.55. The summed E-state index contributed by atoms with van der Waals surface area (Å²) in [4.78, 5) is 8.38. The lowest BCUT2D eigenvalue weighted by Gasteiger charge is -2.09. The first-order valence-electron chi connectivity index (χ1n) is 7.13.